The van der Waals surface area contributed by atoms with Gasteiger partial charge in [-0.3, -0.25) is 5.32 Å². The molecule has 0 aliphatic carbocycles. The molecule has 112 valence electrons. The zero-order chi connectivity index (χ0) is 15.4. The minimum absolute atomic E-state index is 0.421. The van der Waals surface area contributed by atoms with Crippen LogP contribution in [0.1, 0.15) is 36.1 Å². The van der Waals surface area contributed by atoms with Gasteiger partial charge in [0.15, 0.2) is 0 Å². The number of anilines is 1. The Balaban J connectivity index is 2.05. The summed E-state index contributed by atoms with van der Waals surface area (Å²) in [6, 6.07) is 7.32. The number of rotatable bonds is 4. The highest BCUT2D eigenvalue weighted by Crippen LogP contribution is 2.27. The van der Waals surface area contributed by atoms with Gasteiger partial charge in [0.1, 0.15) is 6.10 Å². The highest BCUT2D eigenvalue weighted by molar-refractivity contribution is 7.06. The van der Waals surface area contributed by atoms with E-state index in [-0.39, 0.29) is 0 Å². The summed E-state index contributed by atoms with van der Waals surface area (Å²) >= 11 is 7.49. The molecule has 0 aliphatic rings. The van der Waals surface area contributed by atoms with E-state index < -0.39 is 12.2 Å². The molecule has 1 N–H and O–H groups in total. The van der Waals surface area contributed by atoms with E-state index in [4.69, 9.17) is 16.3 Å². The molecule has 1 aromatic carbocycles. The number of aromatic nitrogens is 1. The van der Waals surface area contributed by atoms with E-state index in [1.54, 1.807) is 13.0 Å². The highest BCUT2D eigenvalue weighted by atomic mass is 35.5. The lowest BCUT2D eigenvalue weighted by molar-refractivity contribution is 0.121. The van der Waals surface area contributed by atoms with Crippen LogP contribution in [0.25, 0.3) is 0 Å². The standard InChI is InChI=1S/C15H17ClN2O2S/c1-4-13-14(9(2)18-21-13)17-15(19)20-10(3)11-7-5-6-8-12(11)16/h5-8,10H,4H2,1-3H3,(H,17,19)/t10-/m1/s1. The molecular weight excluding hydrogens is 308 g/mol. The average Bonchev–Trinajstić information content (AvgIpc) is 2.80. The maximum Gasteiger partial charge on any atom is 0.412 e. The zero-order valence-electron chi connectivity index (χ0n) is 12.1. The first kappa shape index (κ1) is 15.8. The summed E-state index contributed by atoms with van der Waals surface area (Å²) in [6.07, 6.45) is -0.0997. The van der Waals surface area contributed by atoms with E-state index in [0.717, 1.165) is 28.2 Å². The first-order valence-electron chi connectivity index (χ1n) is 6.70. The van der Waals surface area contributed by atoms with Crippen molar-refractivity contribution in [1.29, 1.82) is 0 Å². The van der Waals surface area contributed by atoms with Crippen LogP contribution in [0.15, 0.2) is 24.3 Å². The van der Waals surface area contributed by atoms with Gasteiger partial charge >= 0.3 is 6.09 Å². The maximum absolute atomic E-state index is 12.0. The molecular formula is C15H17ClN2O2S. The Morgan fingerprint density at radius 3 is 2.86 bits per heavy atom. The van der Waals surface area contributed by atoms with Crippen molar-refractivity contribution < 1.29 is 9.53 Å². The minimum atomic E-state index is -0.500. The summed E-state index contributed by atoms with van der Waals surface area (Å²) in [4.78, 5) is 13.1. The Morgan fingerprint density at radius 1 is 1.48 bits per heavy atom. The van der Waals surface area contributed by atoms with E-state index >= 15 is 0 Å². The second-order valence-corrected chi connectivity index (χ2v) is 5.88. The van der Waals surface area contributed by atoms with Crippen molar-refractivity contribution in [1.82, 2.24) is 4.37 Å². The summed E-state index contributed by atoms with van der Waals surface area (Å²) in [5.41, 5.74) is 2.34. The summed E-state index contributed by atoms with van der Waals surface area (Å²) in [5, 5.41) is 3.36. The first-order valence-corrected chi connectivity index (χ1v) is 7.85. The molecule has 1 heterocycles. The third-order valence-corrected chi connectivity index (χ3v) is 4.53. The van der Waals surface area contributed by atoms with E-state index in [9.17, 15) is 4.79 Å². The van der Waals surface area contributed by atoms with Crippen LogP contribution in [-0.2, 0) is 11.2 Å². The van der Waals surface area contributed by atoms with Gasteiger partial charge in [-0.25, -0.2) is 4.79 Å². The lowest BCUT2D eigenvalue weighted by Gasteiger charge is -2.15. The lowest BCUT2D eigenvalue weighted by Crippen LogP contribution is -2.17. The Labute approximate surface area is 133 Å². The topological polar surface area (TPSA) is 51.2 Å². The molecule has 2 aromatic rings. The van der Waals surface area contributed by atoms with Gasteiger partial charge in [-0.15, -0.1) is 0 Å². The molecule has 1 amide bonds. The number of carbonyl (C=O) groups is 1. The van der Waals surface area contributed by atoms with Crippen LogP contribution in [0.2, 0.25) is 5.02 Å². The van der Waals surface area contributed by atoms with Crippen molar-refractivity contribution in [2.75, 3.05) is 5.32 Å². The van der Waals surface area contributed by atoms with E-state index in [1.165, 1.54) is 11.5 Å². The van der Waals surface area contributed by atoms with E-state index in [2.05, 4.69) is 9.69 Å². The van der Waals surface area contributed by atoms with Crippen LogP contribution in [0.5, 0.6) is 0 Å². The van der Waals surface area contributed by atoms with Crippen LogP contribution < -0.4 is 5.32 Å². The van der Waals surface area contributed by atoms with E-state index in [0.29, 0.717) is 5.02 Å². The van der Waals surface area contributed by atoms with Crippen molar-refractivity contribution in [3.05, 3.63) is 45.4 Å². The molecule has 6 heteroatoms. The molecule has 4 nitrogen and oxygen atoms in total. The number of hydrogen-bond acceptors (Lipinski definition) is 4. The fourth-order valence-corrected chi connectivity index (χ4v) is 3.03. The quantitative estimate of drug-likeness (QED) is 0.863. The number of benzene rings is 1. The van der Waals surface area contributed by atoms with Gasteiger partial charge in [0, 0.05) is 15.5 Å². The van der Waals surface area contributed by atoms with Gasteiger partial charge in [0.2, 0.25) is 0 Å². The predicted octanol–water partition coefficient (Wildman–Crippen LogP) is 4.98. The fourth-order valence-electron chi connectivity index (χ4n) is 1.98. The summed E-state index contributed by atoms with van der Waals surface area (Å²) in [5.74, 6) is 0. The van der Waals surface area contributed by atoms with Gasteiger partial charge in [0.25, 0.3) is 0 Å². The van der Waals surface area contributed by atoms with Crippen LogP contribution in [0, 0.1) is 6.92 Å². The molecule has 2 rings (SSSR count). The van der Waals surface area contributed by atoms with Crippen LogP contribution in [0.4, 0.5) is 10.5 Å². The second kappa shape index (κ2) is 6.91. The molecule has 0 spiro atoms. The first-order chi connectivity index (χ1) is 10.0. The van der Waals surface area contributed by atoms with Gasteiger partial charge in [-0.2, -0.15) is 4.37 Å². The van der Waals surface area contributed by atoms with Crippen molar-refractivity contribution in [3.63, 3.8) is 0 Å². The van der Waals surface area contributed by atoms with Gasteiger partial charge < -0.3 is 4.74 Å². The molecule has 21 heavy (non-hydrogen) atoms. The molecule has 0 fully saturated rings. The van der Waals surface area contributed by atoms with Crippen molar-refractivity contribution in [2.45, 2.75) is 33.3 Å². The number of amides is 1. The summed E-state index contributed by atoms with van der Waals surface area (Å²) in [6.45, 7) is 5.68. The van der Waals surface area contributed by atoms with Crippen molar-refractivity contribution in [2.24, 2.45) is 0 Å². The largest absolute Gasteiger partial charge is 0.441 e. The summed E-state index contributed by atoms with van der Waals surface area (Å²) in [7, 11) is 0. The van der Waals surface area contributed by atoms with Crippen molar-refractivity contribution in [3.8, 4) is 0 Å². The Kier molecular flexibility index (Phi) is 5.20. The van der Waals surface area contributed by atoms with E-state index in [1.807, 2.05) is 32.0 Å². The predicted molar refractivity (Wildman–Crippen MR) is 86.2 cm³/mol. The Hall–Kier alpha value is -1.59. The third kappa shape index (κ3) is 3.74. The fraction of sp³-hybridized carbons (Fsp3) is 0.333. The highest BCUT2D eigenvalue weighted by Gasteiger charge is 2.17. The number of nitrogens with one attached hydrogen (secondary N) is 1. The minimum Gasteiger partial charge on any atom is -0.441 e. The van der Waals surface area contributed by atoms with Gasteiger partial charge in [-0.05, 0) is 37.9 Å². The van der Waals surface area contributed by atoms with Crippen molar-refractivity contribution >= 4 is 34.9 Å². The van der Waals surface area contributed by atoms with Gasteiger partial charge in [0.05, 0.1) is 11.4 Å². The number of ether oxygens (including phenoxy) is 1. The molecule has 1 atom stereocenters. The molecule has 0 saturated carbocycles. The average molecular weight is 325 g/mol. The summed E-state index contributed by atoms with van der Waals surface area (Å²) < 4.78 is 9.63. The SMILES string of the molecule is CCc1snc(C)c1NC(=O)O[C@H](C)c1ccccc1Cl. The maximum atomic E-state index is 12.0. The zero-order valence-corrected chi connectivity index (χ0v) is 13.7. The molecule has 0 saturated heterocycles. The number of nitrogens with zero attached hydrogens (tertiary/aromatic N) is 1. The number of carbonyl (C=O) groups excluding carboxylic acids is 1. The Bertz CT molecular complexity index is 642. The molecule has 0 radical (unpaired) electrons. The number of halogens is 1. The smallest absolute Gasteiger partial charge is 0.412 e. The monoisotopic (exact) mass is 324 g/mol. The molecule has 1 aromatic heterocycles. The molecule has 0 aliphatic heterocycles. The van der Waals surface area contributed by atoms with Crippen LogP contribution in [0.3, 0.4) is 0 Å². The van der Waals surface area contributed by atoms with Crippen LogP contribution in [-0.4, -0.2) is 10.5 Å². The van der Waals surface area contributed by atoms with Crippen LogP contribution >= 0.6 is 23.1 Å². The Morgan fingerprint density at radius 2 is 2.19 bits per heavy atom. The molecule has 0 bridgehead atoms. The van der Waals surface area contributed by atoms with Gasteiger partial charge in [-0.1, -0.05) is 36.7 Å². The normalized spacial score (nSPS) is 12.0. The lowest BCUT2D eigenvalue weighted by atomic mass is 10.1. The number of hydrogen-bond donors (Lipinski definition) is 1. The molecule has 0 unspecified atom stereocenters. The third-order valence-electron chi connectivity index (χ3n) is 3.11. The second-order valence-electron chi connectivity index (χ2n) is 4.61. The number of aryl methyl sites for hydroxylation is 2.